The predicted octanol–water partition coefficient (Wildman–Crippen LogP) is 1.91. The van der Waals surface area contributed by atoms with Gasteiger partial charge in [-0.05, 0) is 43.0 Å². The van der Waals surface area contributed by atoms with Crippen molar-refractivity contribution in [2.24, 2.45) is 5.92 Å². The summed E-state index contributed by atoms with van der Waals surface area (Å²) < 4.78 is 21.8. The van der Waals surface area contributed by atoms with Crippen LogP contribution in [-0.2, 0) is 28.7 Å². The second kappa shape index (κ2) is 10.2. The number of fused-ring (bicyclic) bond motifs is 4. The minimum Gasteiger partial charge on any atom is -0.507 e. The molecule has 2 aromatic carbocycles. The van der Waals surface area contributed by atoms with Crippen LogP contribution in [0, 0.1) is 12.8 Å². The summed E-state index contributed by atoms with van der Waals surface area (Å²) in [6, 6.07) is 3.69. The lowest BCUT2D eigenvalue weighted by molar-refractivity contribution is -0.173. The van der Waals surface area contributed by atoms with E-state index in [1.54, 1.807) is 0 Å². The molecule has 2 saturated carbocycles. The largest absolute Gasteiger partial charge is 0.507 e. The number of benzene rings is 2. The Bertz CT molecular complexity index is 1840. The molecule has 14 heteroatoms. The Hall–Kier alpha value is -5.08. The van der Waals surface area contributed by atoms with Crippen LogP contribution in [0.1, 0.15) is 42.9 Å². The van der Waals surface area contributed by atoms with E-state index < -0.39 is 104 Å². The first kappa shape index (κ1) is 30.9. The SMILES string of the molecule is COC(=O)[C@]12Oc3cc(C)c(-c4ccc(O)c5c4O[C@@]4(C(=O)OC)C(=C5O)C(=O)C[C@@H](C)[C@H]4O)c(O)c3C(O)=C1C(=O)CC[C@H]2O. The topological polar surface area (TPSA) is 227 Å². The molecule has 0 unspecified atom stereocenters. The van der Waals surface area contributed by atoms with Crippen molar-refractivity contribution in [3.05, 3.63) is 46.0 Å². The predicted molar refractivity (Wildman–Crippen MR) is 155 cm³/mol. The third kappa shape index (κ3) is 3.70. The lowest BCUT2D eigenvalue weighted by Gasteiger charge is -2.45. The maximum Gasteiger partial charge on any atom is 0.358 e. The van der Waals surface area contributed by atoms with Gasteiger partial charge in [0.25, 0.3) is 11.2 Å². The number of ether oxygens (including phenoxy) is 4. The van der Waals surface area contributed by atoms with Crippen molar-refractivity contribution in [2.75, 3.05) is 14.2 Å². The molecule has 0 bridgehead atoms. The van der Waals surface area contributed by atoms with Crippen LogP contribution in [0.3, 0.4) is 0 Å². The van der Waals surface area contributed by atoms with Crippen LogP contribution in [0.4, 0.5) is 0 Å². The van der Waals surface area contributed by atoms with Gasteiger partial charge in [0.2, 0.25) is 0 Å². The van der Waals surface area contributed by atoms with Crippen LogP contribution < -0.4 is 9.47 Å². The Morgan fingerprint density at radius 1 is 0.870 bits per heavy atom. The Labute approximate surface area is 260 Å². The fourth-order valence-electron chi connectivity index (χ4n) is 7.03. The fraction of sp³-hybridized carbons (Fsp3) is 0.375. The van der Waals surface area contributed by atoms with E-state index in [9.17, 15) is 49.8 Å². The molecule has 6 N–H and O–H groups in total. The number of carbonyl (C=O) groups is 4. The molecule has 0 spiro atoms. The van der Waals surface area contributed by atoms with Crippen molar-refractivity contribution >= 4 is 35.0 Å². The van der Waals surface area contributed by atoms with Gasteiger partial charge in [-0.25, -0.2) is 9.59 Å². The number of phenolic OH excluding ortho intramolecular Hbond substituents is 2. The lowest BCUT2D eigenvalue weighted by Crippen LogP contribution is -2.64. The highest BCUT2D eigenvalue weighted by atomic mass is 16.6. The first-order valence-electron chi connectivity index (χ1n) is 14.3. The summed E-state index contributed by atoms with van der Waals surface area (Å²) >= 11 is 0. The Morgan fingerprint density at radius 2 is 1.48 bits per heavy atom. The smallest absolute Gasteiger partial charge is 0.358 e. The second-order valence-electron chi connectivity index (χ2n) is 11.8. The quantitative estimate of drug-likeness (QED) is 0.264. The highest BCUT2D eigenvalue weighted by molar-refractivity contribution is 6.14. The number of aliphatic hydroxyl groups is 4. The molecule has 242 valence electrons. The number of Topliss-reactive ketones (excluding diaryl/α,β-unsaturated/α-hetero) is 2. The van der Waals surface area contributed by atoms with E-state index in [0.717, 1.165) is 20.3 Å². The molecule has 0 saturated heterocycles. The number of aliphatic hydroxyl groups excluding tert-OH is 4. The molecule has 2 heterocycles. The number of hydrogen-bond acceptors (Lipinski definition) is 14. The normalized spacial score (nSPS) is 28.3. The maximum atomic E-state index is 13.3. The molecule has 0 aromatic heterocycles. The van der Waals surface area contributed by atoms with Gasteiger partial charge in [-0.15, -0.1) is 0 Å². The number of carbonyl (C=O) groups excluding carboxylic acids is 4. The summed E-state index contributed by atoms with van der Waals surface area (Å²) in [6.07, 6.45) is -3.97. The number of rotatable bonds is 3. The standard InChI is InChI=1S/C32H30O14/c1-11-10-17-21(26(39)22-15(34)7-8-18(36)31(22,45-17)29(41)43-3)24(37)19(11)13-5-6-14(33)20-25(38)23-16(35)9-12(2)28(40)32(23,30(42)44-4)46-27(13)20/h5-6,10,12,18,28,33,36-40H,7-9H2,1-4H3/t12-,18-,28-,31-,32+/m1/s1. The van der Waals surface area contributed by atoms with E-state index in [2.05, 4.69) is 0 Å². The number of aromatic hydroxyl groups is 2. The average molecular weight is 639 g/mol. The lowest BCUT2D eigenvalue weighted by atomic mass is 9.69. The molecule has 14 nitrogen and oxygen atoms in total. The van der Waals surface area contributed by atoms with Crippen LogP contribution in [0.15, 0.2) is 29.3 Å². The monoisotopic (exact) mass is 638 g/mol. The van der Waals surface area contributed by atoms with Gasteiger partial charge in [0.1, 0.15) is 57.9 Å². The first-order chi connectivity index (χ1) is 21.7. The van der Waals surface area contributed by atoms with Crippen LogP contribution >= 0.6 is 0 Å². The van der Waals surface area contributed by atoms with Crippen molar-refractivity contribution in [1.29, 1.82) is 0 Å². The molecule has 0 amide bonds. The highest BCUT2D eigenvalue weighted by Gasteiger charge is 2.64. The van der Waals surface area contributed by atoms with Gasteiger partial charge in [-0.1, -0.05) is 6.92 Å². The molecule has 6 rings (SSSR count). The summed E-state index contributed by atoms with van der Waals surface area (Å²) in [4.78, 5) is 52.6. The number of hydrogen-bond donors (Lipinski definition) is 6. The summed E-state index contributed by atoms with van der Waals surface area (Å²) in [5, 5.41) is 67.6. The zero-order chi connectivity index (χ0) is 33.6. The van der Waals surface area contributed by atoms with Gasteiger partial charge in [0.05, 0.1) is 25.4 Å². The van der Waals surface area contributed by atoms with Gasteiger partial charge in [-0.2, -0.15) is 0 Å². The minimum atomic E-state index is -2.56. The van der Waals surface area contributed by atoms with Gasteiger partial charge < -0.3 is 49.6 Å². The van der Waals surface area contributed by atoms with Gasteiger partial charge in [0, 0.05) is 24.0 Å². The number of ketones is 2. The van der Waals surface area contributed by atoms with E-state index in [1.807, 2.05) is 0 Å². The molecule has 0 radical (unpaired) electrons. The molecule has 46 heavy (non-hydrogen) atoms. The van der Waals surface area contributed by atoms with E-state index in [0.29, 0.717) is 0 Å². The third-order valence-electron chi connectivity index (χ3n) is 9.20. The van der Waals surface area contributed by atoms with Crippen LogP contribution in [-0.4, -0.2) is 91.8 Å². The maximum absolute atomic E-state index is 13.3. The second-order valence-corrected chi connectivity index (χ2v) is 11.8. The van der Waals surface area contributed by atoms with Crippen molar-refractivity contribution < 1.29 is 68.8 Å². The van der Waals surface area contributed by atoms with Gasteiger partial charge in [-0.3, -0.25) is 9.59 Å². The molecule has 4 aliphatic rings. The number of methoxy groups -OCH3 is 2. The molecule has 2 fully saturated rings. The van der Waals surface area contributed by atoms with Crippen LogP contribution in [0.25, 0.3) is 22.6 Å². The Kier molecular flexibility index (Phi) is 6.87. The van der Waals surface area contributed by atoms with E-state index >= 15 is 0 Å². The van der Waals surface area contributed by atoms with Gasteiger partial charge >= 0.3 is 11.9 Å². The van der Waals surface area contributed by atoms with Crippen molar-refractivity contribution in [3.63, 3.8) is 0 Å². The third-order valence-corrected chi connectivity index (χ3v) is 9.20. The van der Waals surface area contributed by atoms with Crippen molar-refractivity contribution in [3.8, 4) is 34.1 Å². The first-order valence-corrected chi connectivity index (χ1v) is 14.3. The highest BCUT2D eigenvalue weighted by Crippen LogP contribution is 2.57. The molecule has 2 aliphatic heterocycles. The molecule has 2 aromatic rings. The minimum absolute atomic E-state index is 0.0880. The number of esters is 2. The summed E-state index contributed by atoms with van der Waals surface area (Å²) in [7, 11) is 2.02. The average Bonchev–Trinajstić information content (AvgIpc) is 3.01. The molecular formula is C32H30O14. The summed E-state index contributed by atoms with van der Waals surface area (Å²) in [5.41, 5.74) is -7.06. The fourth-order valence-corrected chi connectivity index (χ4v) is 7.03. The van der Waals surface area contributed by atoms with Crippen molar-refractivity contribution in [2.45, 2.75) is 56.5 Å². The Morgan fingerprint density at radius 3 is 2.13 bits per heavy atom. The zero-order valence-electron chi connectivity index (χ0n) is 25.0. The van der Waals surface area contributed by atoms with Gasteiger partial charge in [0.15, 0.2) is 11.6 Å². The van der Waals surface area contributed by atoms with E-state index in [-0.39, 0.29) is 41.7 Å². The molecule has 2 aliphatic carbocycles. The van der Waals surface area contributed by atoms with E-state index in [4.69, 9.17) is 18.9 Å². The molecule has 5 atom stereocenters. The van der Waals surface area contributed by atoms with Crippen LogP contribution in [0.2, 0.25) is 0 Å². The van der Waals surface area contributed by atoms with E-state index in [1.165, 1.54) is 26.0 Å². The Balaban J connectivity index is 1.65. The summed E-state index contributed by atoms with van der Waals surface area (Å²) in [5.74, 6) is -8.37. The summed E-state index contributed by atoms with van der Waals surface area (Å²) in [6.45, 7) is 2.99. The molecular weight excluding hydrogens is 608 g/mol. The zero-order valence-corrected chi connectivity index (χ0v) is 25.0. The van der Waals surface area contributed by atoms with Crippen LogP contribution in [0.5, 0.6) is 23.0 Å². The number of aryl methyl sites for hydroxylation is 1. The van der Waals surface area contributed by atoms with Crippen molar-refractivity contribution in [1.82, 2.24) is 0 Å². The number of phenols is 2.